The Kier molecular flexibility index (Phi) is 5.02. The molecule has 0 spiro atoms. The van der Waals surface area contributed by atoms with E-state index in [1.54, 1.807) is 0 Å². The third-order valence-corrected chi connectivity index (χ3v) is 3.55. The summed E-state index contributed by atoms with van der Waals surface area (Å²) in [5.41, 5.74) is 7.26. The first-order valence-corrected chi connectivity index (χ1v) is 7.54. The first-order valence-electron chi connectivity index (χ1n) is 7.54. The molecule has 2 heteroatoms. The second-order valence-corrected chi connectivity index (χ2v) is 5.66. The summed E-state index contributed by atoms with van der Waals surface area (Å²) in [6.07, 6.45) is 3.30. The molecule has 2 rings (SSSR count). The number of fused-ring (bicyclic) bond motifs is 1. The Bertz CT molecular complexity index is 562. The maximum Gasteiger partial charge on any atom is 0.123 e. The molecule has 20 heavy (non-hydrogen) atoms. The van der Waals surface area contributed by atoms with Gasteiger partial charge >= 0.3 is 0 Å². The highest BCUT2D eigenvalue weighted by atomic mass is 16.5. The first-order chi connectivity index (χ1) is 9.61. The second-order valence-electron chi connectivity index (χ2n) is 5.66. The maximum atomic E-state index is 6.14. The van der Waals surface area contributed by atoms with Crippen molar-refractivity contribution in [3.8, 4) is 5.75 Å². The van der Waals surface area contributed by atoms with Crippen molar-refractivity contribution < 1.29 is 4.74 Å². The molecule has 0 heterocycles. The fraction of sp³-hybridized carbons (Fsp3) is 0.444. The zero-order chi connectivity index (χ0) is 14.5. The molecule has 0 aromatic heterocycles. The van der Waals surface area contributed by atoms with Crippen LogP contribution >= 0.6 is 0 Å². The predicted molar refractivity (Wildman–Crippen MR) is 86.3 cm³/mol. The molecule has 2 unspecified atom stereocenters. The molecule has 0 aliphatic rings. The van der Waals surface area contributed by atoms with Crippen LogP contribution in [0.4, 0.5) is 0 Å². The standard InChI is InChI=1S/C18H25NO/c1-4-7-14(3)20-18-11-10-15-8-5-6-9-16(15)17(18)12-13(2)19/h5-6,8-11,13-14H,4,7,12,19H2,1-3H3. The van der Waals surface area contributed by atoms with E-state index < -0.39 is 0 Å². The SMILES string of the molecule is CCCC(C)Oc1ccc2ccccc2c1CC(C)N. The van der Waals surface area contributed by atoms with E-state index in [0.717, 1.165) is 25.0 Å². The minimum atomic E-state index is 0.129. The molecule has 0 bridgehead atoms. The first kappa shape index (κ1) is 14.9. The van der Waals surface area contributed by atoms with E-state index in [1.165, 1.54) is 16.3 Å². The molecule has 2 aromatic carbocycles. The van der Waals surface area contributed by atoms with Crippen LogP contribution in [0.5, 0.6) is 5.75 Å². The quantitative estimate of drug-likeness (QED) is 0.850. The molecule has 0 aliphatic heterocycles. The van der Waals surface area contributed by atoms with E-state index in [1.807, 2.05) is 6.92 Å². The summed E-state index contributed by atoms with van der Waals surface area (Å²) in [6, 6.07) is 12.8. The number of rotatable bonds is 6. The zero-order valence-electron chi connectivity index (χ0n) is 12.7. The van der Waals surface area contributed by atoms with Crippen LogP contribution in [-0.2, 0) is 6.42 Å². The van der Waals surface area contributed by atoms with E-state index in [2.05, 4.69) is 50.2 Å². The Morgan fingerprint density at radius 1 is 1.10 bits per heavy atom. The Morgan fingerprint density at radius 2 is 1.85 bits per heavy atom. The summed E-state index contributed by atoms with van der Waals surface area (Å²) >= 11 is 0. The van der Waals surface area contributed by atoms with Gasteiger partial charge < -0.3 is 10.5 Å². The monoisotopic (exact) mass is 271 g/mol. The number of benzene rings is 2. The molecule has 0 saturated heterocycles. The highest BCUT2D eigenvalue weighted by molar-refractivity contribution is 5.87. The van der Waals surface area contributed by atoms with E-state index >= 15 is 0 Å². The van der Waals surface area contributed by atoms with Crippen LogP contribution in [0.25, 0.3) is 10.8 Å². The molecule has 0 amide bonds. The van der Waals surface area contributed by atoms with E-state index in [0.29, 0.717) is 0 Å². The van der Waals surface area contributed by atoms with Gasteiger partial charge in [-0.2, -0.15) is 0 Å². The molecule has 0 aliphatic carbocycles. The van der Waals surface area contributed by atoms with Crippen LogP contribution < -0.4 is 10.5 Å². The third-order valence-electron chi connectivity index (χ3n) is 3.55. The van der Waals surface area contributed by atoms with Gasteiger partial charge in [-0.15, -0.1) is 0 Å². The number of hydrogen-bond acceptors (Lipinski definition) is 2. The minimum Gasteiger partial charge on any atom is -0.490 e. The molecule has 0 radical (unpaired) electrons. The summed E-state index contributed by atoms with van der Waals surface area (Å²) in [5, 5.41) is 2.50. The smallest absolute Gasteiger partial charge is 0.123 e. The van der Waals surface area contributed by atoms with Gasteiger partial charge in [-0.05, 0) is 43.5 Å². The highest BCUT2D eigenvalue weighted by Crippen LogP contribution is 2.30. The van der Waals surface area contributed by atoms with Gasteiger partial charge in [-0.3, -0.25) is 0 Å². The summed E-state index contributed by atoms with van der Waals surface area (Å²) in [7, 11) is 0. The molecule has 2 N–H and O–H groups in total. The Balaban J connectivity index is 2.41. The van der Waals surface area contributed by atoms with Crippen LogP contribution in [0.15, 0.2) is 36.4 Å². The van der Waals surface area contributed by atoms with Crippen LogP contribution in [0.2, 0.25) is 0 Å². The Hall–Kier alpha value is -1.54. The number of hydrogen-bond donors (Lipinski definition) is 1. The number of ether oxygens (including phenoxy) is 1. The lowest BCUT2D eigenvalue weighted by molar-refractivity contribution is 0.208. The van der Waals surface area contributed by atoms with Crippen molar-refractivity contribution in [1.82, 2.24) is 0 Å². The zero-order valence-corrected chi connectivity index (χ0v) is 12.7. The van der Waals surface area contributed by atoms with Crippen LogP contribution in [0.3, 0.4) is 0 Å². The molecule has 2 atom stereocenters. The van der Waals surface area contributed by atoms with Gasteiger partial charge in [0.05, 0.1) is 6.10 Å². The molecule has 0 saturated carbocycles. The molecular formula is C18H25NO. The third kappa shape index (κ3) is 3.51. The van der Waals surface area contributed by atoms with E-state index in [9.17, 15) is 0 Å². The van der Waals surface area contributed by atoms with Gasteiger partial charge in [0.2, 0.25) is 0 Å². The molecule has 108 valence electrons. The van der Waals surface area contributed by atoms with Crippen LogP contribution in [-0.4, -0.2) is 12.1 Å². The number of nitrogens with two attached hydrogens (primary N) is 1. The van der Waals surface area contributed by atoms with Crippen molar-refractivity contribution in [2.75, 3.05) is 0 Å². The Morgan fingerprint density at radius 3 is 2.55 bits per heavy atom. The lowest BCUT2D eigenvalue weighted by Gasteiger charge is -2.19. The van der Waals surface area contributed by atoms with Gasteiger partial charge in [-0.1, -0.05) is 43.7 Å². The van der Waals surface area contributed by atoms with Crippen molar-refractivity contribution in [3.63, 3.8) is 0 Å². The van der Waals surface area contributed by atoms with Crippen molar-refractivity contribution in [3.05, 3.63) is 42.0 Å². The minimum absolute atomic E-state index is 0.129. The van der Waals surface area contributed by atoms with Gasteiger partial charge in [0.25, 0.3) is 0 Å². The summed E-state index contributed by atoms with van der Waals surface area (Å²) in [6.45, 7) is 6.36. The van der Waals surface area contributed by atoms with Crippen LogP contribution in [0, 0.1) is 0 Å². The molecular weight excluding hydrogens is 246 g/mol. The average Bonchev–Trinajstić information content (AvgIpc) is 2.41. The van der Waals surface area contributed by atoms with Crippen molar-refractivity contribution in [2.24, 2.45) is 5.73 Å². The lowest BCUT2D eigenvalue weighted by atomic mass is 9.98. The van der Waals surface area contributed by atoms with Crippen molar-refractivity contribution >= 4 is 10.8 Å². The van der Waals surface area contributed by atoms with E-state index in [-0.39, 0.29) is 12.1 Å². The second kappa shape index (κ2) is 6.76. The normalized spacial score (nSPS) is 14.2. The largest absolute Gasteiger partial charge is 0.490 e. The fourth-order valence-corrected chi connectivity index (χ4v) is 2.64. The van der Waals surface area contributed by atoms with Crippen molar-refractivity contribution in [1.29, 1.82) is 0 Å². The predicted octanol–water partition coefficient (Wildman–Crippen LogP) is 4.30. The highest BCUT2D eigenvalue weighted by Gasteiger charge is 2.13. The summed E-state index contributed by atoms with van der Waals surface area (Å²) in [5.74, 6) is 0.988. The van der Waals surface area contributed by atoms with Gasteiger partial charge in [-0.25, -0.2) is 0 Å². The lowest BCUT2D eigenvalue weighted by Crippen LogP contribution is -2.20. The fourth-order valence-electron chi connectivity index (χ4n) is 2.64. The average molecular weight is 271 g/mol. The van der Waals surface area contributed by atoms with Gasteiger partial charge in [0, 0.05) is 11.6 Å². The van der Waals surface area contributed by atoms with Crippen molar-refractivity contribution in [2.45, 2.75) is 52.2 Å². The summed E-state index contributed by atoms with van der Waals surface area (Å²) in [4.78, 5) is 0. The summed E-state index contributed by atoms with van der Waals surface area (Å²) < 4.78 is 6.14. The molecule has 0 fully saturated rings. The van der Waals surface area contributed by atoms with Gasteiger partial charge in [0.1, 0.15) is 5.75 Å². The van der Waals surface area contributed by atoms with E-state index in [4.69, 9.17) is 10.5 Å². The molecule has 2 aromatic rings. The van der Waals surface area contributed by atoms with Crippen LogP contribution in [0.1, 0.15) is 39.2 Å². The maximum absolute atomic E-state index is 6.14. The topological polar surface area (TPSA) is 35.2 Å². The Labute approximate surface area is 121 Å². The molecule has 2 nitrogen and oxygen atoms in total. The van der Waals surface area contributed by atoms with Gasteiger partial charge in [0.15, 0.2) is 0 Å².